The van der Waals surface area contributed by atoms with Crippen LogP contribution in [0, 0.1) is 0 Å². The van der Waals surface area contributed by atoms with Gasteiger partial charge in [0.25, 0.3) is 0 Å². The molecule has 0 saturated carbocycles. The Morgan fingerprint density at radius 3 is 1.75 bits per heavy atom. The van der Waals surface area contributed by atoms with Gasteiger partial charge in [-0.3, -0.25) is 0 Å². The average Bonchev–Trinajstić information content (AvgIpc) is 0.918. The molecule has 0 aromatic rings. The first kappa shape index (κ1) is 8.89. The van der Waals surface area contributed by atoms with Gasteiger partial charge >= 0.3 is 8.69 Å². The van der Waals surface area contributed by atoms with Crippen LogP contribution in [-0.4, -0.2) is 4.89 Å². The van der Waals surface area contributed by atoms with E-state index in [1.807, 2.05) is 0 Å². The fourth-order valence-corrected chi connectivity index (χ4v) is 0. The summed E-state index contributed by atoms with van der Waals surface area (Å²) >= 11 is 0. The first-order valence-corrected chi connectivity index (χ1v) is 1.15. The fourth-order valence-electron chi connectivity index (χ4n) is 0. The van der Waals surface area contributed by atoms with Crippen molar-refractivity contribution in [2.45, 2.75) is 0 Å². The van der Waals surface area contributed by atoms with E-state index in [0.717, 1.165) is 0 Å². The Balaban J connectivity index is 0. The van der Waals surface area contributed by atoms with Crippen LogP contribution in [0.15, 0.2) is 0 Å². The van der Waals surface area contributed by atoms with E-state index in [1.165, 1.54) is 0 Å². The monoisotopic (exact) mass is 266 g/mol. The molecule has 0 aliphatic rings. The largest absolute Gasteiger partial charge is 0.324 e. The average molecular weight is 265 g/mol. The molecule has 4 heteroatoms. The quantitative estimate of drug-likeness (QED) is 0.501. The Morgan fingerprint density at radius 1 is 1.75 bits per heavy atom. The zero-order valence-corrected chi connectivity index (χ0v) is 8.40. The third kappa shape index (κ3) is 12.0. The standard InChI is InChI=1S/Hg.HO2P/c;1-3-2/h;(H,1,2). The van der Waals surface area contributed by atoms with Gasteiger partial charge < -0.3 is 4.89 Å². The smallest absolute Gasteiger partial charge is 0.310 e. The van der Waals surface area contributed by atoms with Gasteiger partial charge in [0.2, 0.25) is 0 Å². The second-order valence-corrected chi connectivity index (χ2v) is 0.245. The maximum Gasteiger partial charge on any atom is 0.324 e. The fraction of sp³-hybridized carbons (Fsp3) is 0. The molecule has 0 aromatic carbocycles. The van der Waals surface area contributed by atoms with Crippen LogP contribution in [-0.2, 0) is 32.2 Å². The Hall–Kier alpha value is 0.995. The minimum atomic E-state index is -0.833. The summed E-state index contributed by atoms with van der Waals surface area (Å²) in [6.45, 7) is 0. The van der Waals surface area contributed by atoms with E-state index >= 15 is 0 Å². The summed E-state index contributed by atoms with van der Waals surface area (Å²) in [6, 6.07) is 0. The van der Waals surface area contributed by atoms with Crippen LogP contribution in [0.3, 0.4) is 0 Å². The summed E-state index contributed by atoms with van der Waals surface area (Å²) in [5.41, 5.74) is 0. The zero-order chi connectivity index (χ0) is 2.71. The predicted molar refractivity (Wildman–Crippen MR) is 9.83 cm³/mol. The second kappa shape index (κ2) is 9.00. The summed E-state index contributed by atoms with van der Waals surface area (Å²) in [5, 5.41) is 0. The van der Waals surface area contributed by atoms with E-state index in [4.69, 9.17) is 9.46 Å². The Labute approximate surface area is 46.0 Å². The molecule has 0 spiro atoms. The van der Waals surface area contributed by atoms with Crippen molar-refractivity contribution in [3.8, 4) is 0 Å². The van der Waals surface area contributed by atoms with Gasteiger partial charge in [0, 0.05) is 27.7 Å². The van der Waals surface area contributed by atoms with Crippen molar-refractivity contribution in [1.82, 2.24) is 0 Å². The van der Waals surface area contributed by atoms with E-state index in [2.05, 4.69) is 0 Å². The van der Waals surface area contributed by atoms with Crippen molar-refractivity contribution in [3.63, 3.8) is 0 Å². The third-order valence-electron chi connectivity index (χ3n) is 0. The molecule has 0 aliphatic heterocycles. The molecule has 0 heterocycles. The molecule has 20 valence electrons. The minimum absolute atomic E-state index is 0. The van der Waals surface area contributed by atoms with Crippen molar-refractivity contribution >= 4 is 8.69 Å². The molecule has 0 amide bonds. The normalized spacial score (nSPS) is 5.25. The van der Waals surface area contributed by atoms with Crippen LogP contribution in [0.2, 0.25) is 0 Å². The summed E-state index contributed by atoms with van der Waals surface area (Å²) in [5.74, 6) is 0. The molecule has 1 N–H and O–H groups in total. The SMILES string of the molecule is O=PO.[Hg]. The molecule has 0 bridgehead atoms. The summed E-state index contributed by atoms with van der Waals surface area (Å²) in [7, 11) is -0.833. The molecule has 0 aromatic heterocycles. The minimum Gasteiger partial charge on any atom is -0.310 e. The zero-order valence-electron chi connectivity index (χ0n) is 2.01. The van der Waals surface area contributed by atoms with Gasteiger partial charge in [-0.2, -0.15) is 0 Å². The maximum atomic E-state index is 8.46. The molecule has 4 heavy (non-hydrogen) atoms. The van der Waals surface area contributed by atoms with Crippen molar-refractivity contribution in [2.24, 2.45) is 0 Å². The molecule has 0 fully saturated rings. The van der Waals surface area contributed by atoms with Crippen LogP contribution in [0.25, 0.3) is 0 Å². The van der Waals surface area contributed by atoms with E-state index in [9.17, 15) is 0 Å². The molecule has 0 radical (unpaired) electrons. The topological polar surface area (TPSA) is 37.3 Å². The van der Waals surface area contributed by atoms with E-state index < -0.39 is 8.69 Å². The Kier molecular flexibility index (Phi) is 20.0. The number of rotatable bonds is 0. The van der Waals surface area contributed by atoms with Crippen LogP contribution >= 0.6 is 8.69 Å². The predicted octanol–water partition coefficient (Wildman–Crippen LogP) is 0.183. The van der Waals surface area contributed by atoms with Crippen LogP contribution < -0.4 is 0 Å². The third-order valence-corrected chi connectivity index (χ3v) is 0. The van der Waals surface area contributed by atoms with Gasteiger partial charge in [0.1, 0.15) is 0 Å². The molecule has 0 rings (SSSR count). The molecular formula is HHgO2P. The maximum absolute atomic E-state index is 8.46. The molecular weight excluding hydrogens is 264 g/mol. The van der Waals surface area contributed by atoms with Gasteiger partial charge in [-0.15, -0.1) is 0 Å². The van der Waals surface area contributed by atoms with Gasteiger partial charge in [-0.25, -0.2) is 4.57 Å². The summed E-state index contributed by atoms with van der Waals surface area (Å²) in [6.07, 6.45) is 0. The Bertz CT molecular complexity index is 13.5. The number of hydrogen-bond acceptors (Lipinski definition) is 1. The summed E-state index contributed by atoms with van der Waals surface area (Å²) < 4.78 is 8.46. The van der Waals surface area contributed by atoms with E-state index in [1.54, 1.807) is 0 Å². The molecule has 0 aliphatic carbocycles. The van der Waals surface area contributed by atoms with Gasteiger partial charge in [0.05, 0.1) is 0 Å². The van der Waals surface area contributed by atoms with Crippen LogP contribution in [0.4, 0.5) is 0 Å². The van der Waals surface area contributed by atoms with Gasteiger partial charge in [0.15, 0.2) is 0 Å². The van der Waals surface area contributed by atoms with Crippen LogP contribution in [0.5, 0.6) is 0 Å². The molecule has 0 saturated heterocycles. The summed E-state index contributed by atoms with van der Waals surface area (Å²) in [4.78, 5) is 6.99. The first-order chi connectivity index (χ1) is 1.41. The van der Waals surface area contributed by atoms with Crippen molar-refractivity contribution in [1.29, 1.82) is 0 Å². The molecule has 0 atom stereocenters. The van der Waals surface area contributed by atoms with E-state index in [-0.39, 0.29) is 27.7 Å². The van der Waals surface area contributed by atoms with E-state index in [0.29, 0.717) is 0 Å². The Morgan fingerprint density at radius 2 is 1.75 bits per heavy atom. The van der Waals surface area contributed by atoms with Crippen molar-refractivity contribution < 1.29 is 37.1 Å². The first-order valence-electron chi connectivity index (χ1n) is 0.383. The van der Waals surface area contributed by atoms with Crippen molar-refractivity contribution in [3.05, 3.63) is 0 Å². The van der Waals surface area contributed by atoms with Crippen molar-refractivity contribution in [2.75, 3.05) is 0 Å². The second-order valence-electron chi connectivity index (χ2n) is 0.0816. The number of hydrogen-bond donors (Lipinski definition) is 1. The molecule has 0 unspecified atom stereocenters. The van der Waals surface area contributed by atoms with Gasteiger partial charge in [-0.05, 0) is 0 Å². The van der Waals surface area contributed by atoms with Gasteiger partial charge in [-0.1, -0.05) is 0 Å². The van der Waals surface area contributed by atoms with Crippen LogP contribution in [0.1, 0.15) is 0 Å². The molecule has 2 nitrogen and oxygen atoms in total.